The number of esters is 1. The Hall–Kier alpha value is -4.13. The number of nitrogens with zero attached hydrogens (tertiary/aromatic N) is 1. The van der Waals surface area contributed by atoms with Gasteiger partial charge in [-0.25, -0.2) is 9.18 Å². The molecule has 0 spiro atoms. The van der Waals surface area contributed by atoms with Gasteiger partial charge in [-0.1, -0.05) is 35.9 Å². The lowest BCUT2D eigenvalue weighted by atomic mass is 10.0. The summed E-state index contributed by atoms with van der Waals surface area (Å²) in [7, 11) is 0. The fraction of sp³-hybridized carbons (Fsp3) is 0.0435. The second-order valence-corrected chi connectivity index (χ2v) is 6.42. The lowest BCUT2D eigenvalue weighted by Gasteiger charge is -2.09. The minimum absolute atomic E-state index is 0.000268. The zero-order chi connectivity index (χ0) is 21.7. The van der Waals surface area contributed by atoms with Crippen molar-refractivity contribution < 1.29 is 23.6 Å². The minimum Gasteiger partial charge on any atom is -0.422 e. The zero-order valence-electron chi connectivity index (χ0n) is 15.9. The molecule has 0 fully saturated rings. The lowest BCUT2D eigenvalue weighted by Crippen LogP contribution is -2.11. The van der Waals surface area contributed by atoms with Crippen LogP contribution >= 0.6 is 0 Å². The van der Waals surface area contributed by atoms with Crippen molar-refractivity contribution >= 4 is 23.5 Å². The Morgan fingerprint density at radius 2 is 1.80 bits per heavy atom. The van der Waals surface area contributed by atoms with Crippen LogP contribution in [0.25, 0.3) is 6.08 Å². The highest BCUT2D eigenvalue weighted by Crippen LogP contribution is 2.24. The maximum Gasteiger partial charge on any atom is 0.343 e. The van der Waals surface area contributed by atoms with Crippen molar-refractivity contribution in [2.45, 2.75) is 6.92 Å². The number of carbonyl (C=O) groups is 2. The number of hydrogen-bond donors (Lipinski definition) is 0. The van der Waals surface area contributed by atoms with Crippen LogP contribution < -0.4 is 4.74 Å². The third-order valence-electron chi connectivity index (χ3n) is 4.22. The zero-order valence-corrected chi connectivity index (χ0v) is 15.9. The first-order valence-corrected chi connectivity index (χ1v) is 8.89. The van der Waals surface area contributed by atoms with Crippen molar-refractivity contribution in [3.63, 3.8) is 0 Å². The van der Waals surface area contributed by atoms with Crippen LogP contribution in [0.3, 0.4) is 0 Å². The molecule has 0 radical (unpaired) electrons. The van der Waals surface area contributed by atoms with Crippen LogP contribution in [0.15, 0.2) is 72.8 Å². The summed E-state index contributed by atoms with van der Waals surface area (Å²) in [5.74, 6) is -1.79. The average molecular weight is 405 g/mol. The number of aryl methyl sites for hydroxylation is 1. The molecule has 3 aromatic carbocycles. The highest BCUT2D eigenvalue weighted by atomic mass is 19.1. The van der Waals surface area contributed by atoms with Gasteiger partial charge in [0.15, 0.2) is 5.78 Å². The van der Waals surface area contributed by atoms with E-state index in [0.29, 0.717) is 0 Å². The largest absolute Gasteiger partial charge is 0.422 e. The molecule has 0 amide bonds. The van der Waals surface area contributed by atoms with Crippen LogP contribution in [0.5, 0.6) is 5.75 Å². The summed E-state index contributed by atoms with van der Waals surface area (Å²) in [4.78, 5) is 35.4. The molecular formula is C23H16FNO5. The molecule has 0 aliphatic rings. The predicted molar refractivity (Wildman–Crippen MR) is 109 cm³/mol. The number of nitro groups is 1. The molecule has 150 valence electrons. The third-order valence-corrected chi connectivity index (χ3v) is 4.22. The maximum atomic E-state index is 13.8. The summed E-state index contributed by atoms with van der Waals surface area (Å²) in [6.07, 6.45) is 2.53. The molecule has 30 heavy (non-hydrogen) atoms. The standard InChI is InChI=1S/C23H16FNO5/c1-15-9-12-22(30-23(27)17-6-4-7-18(14-17)25(28)29)19(13-15)21(26)11-10-16-5-2-3-8-20(16)24/h2-14H,1H3. The molecule has 7 heteroatoms. The number of halogens is 1. The number of allylic oxidation sites excluding steroid dienone is 1. The summed E-state index contributed by atoms with van der Waals surface area (Å²) >= 11 is 0. The Kier molecular flexibility index (Phi) is 6.12. The van der Waals surface area contributed by atoms with E-state index in [1.807, 2.05) is 0 Å². The highest BCUT2D eigenvalue weighted by molar-refractivity contribution is 6.09. The molecule has 3 aromatic rings. The van der Waals surface area contributed by atoms with Crippen molar-refractivity contribution in [3.05, 3.63) is 111 Å². The van der Waals surface area contributed by atoms with Gasteiger partial charge in [-0.05, 0) is 43.3 Å². The van der Waals surface area contributed by atoms with Crippen LogP contribution in [0.4, 0.5) is 10.1 Å². The van der Waals surface area contributed by atoms with Gasteiger partial charge in [0.1, 0.15) is 11.6 Å². The fourth-order valence-electron chi connectivity index (χ4n) is 2.70. The Balaban J connectivity index is 1.87. The van der Waals surface area contributed by atoms with Crippen LogP contribution in [-0.4, -0.2) is 16.7 Å². The molecule has 0 saturated heterocycles. The Labute approximate surface area is 171 Å². The number of nitro benzene ring substituents is 1. The molecule has 0 aromatic heterocycles. The van der Waals surface area contributed by atoms with E-state index in [0.717, 1.165) is 11.6 Å². The van der Waals surface area contributed by atoms with Crippen molar-refractivity contribution in [1.29, 1.82) is 0 Å². The summed E-state index contributed by atoms with van der Waals surface area (Å²) in [6.45, 7) is 1.77. The van der Waals surface area contributed by atoms with Gasteiger partial charge < -0.3 is 4.74 Å². The van der Waals surface area contributed by atoms with E-state index in [1.165, 1.54) is 48.6 Å². The number of rotatable bonds is 6. The highest BCUT2D eigenvalue weighted by Gasteiger charge is 2.17. The number of ketones is 1. The van der Waals surface area contributed by atoms with Gasteiger partial charge in [0.05, 0.1) is 16.1 Å². The fourth-order valence-corrected chi connectivity index (χ4v) is 2.70. The van der Waals surface area contributed by atoms with Crippen LogP contribution in [-0.2, 0) is 0 Å². The second-order valence-electron chi connectivity index (χ2n) is 6.42. The van der Waals surface area contributed by atoms with Crippen LogP contribution in [0.1, 0.15) is 31.8 Å². The van der Waals surface area contributed by atoms with Gasteiger partial charge in [0.25, 0.3) is 5.69 Å². The molecule has 0 aliphatic heterocycles. The number of benzene rings is 3. The summed E-state index contributed by atoms with van der Waals surface area (Å²) < 4.78 is 19.1. The SMILES string of the molecule is Cc1ccc(OC(=O)c2cccc([N+](=O)[O-])c2)c(C(=O)C=Cc2ccccc2F)c1. The smallest absolute Gasteiger partial charge is 0.343 e. The first kappa shape index (κ1) is 20.6. The van der Waals surface area contributed by atoms with Crippen LogP contribution in [0, 0.1) is 22.9 Å². The van der Waals surface area contributed by atoms with Crippen molar-refractivity contribution in [1.82, 2.24) is 0 Å². The monoisotopic (exact) mass is 405 g/mol. The second kappa shape index (κ2) is 8.91. The van der Waals surface area contributed by atoms with E-state index >= 15 is 0 Å². The lowest BCUT2D eigenvalue weighted by molar-refractivity contribution is -0.384. The Bertz CT molecular complexity index is 1170. The molecule has 0 N–H and O–H groups in total. The first-order valence-electron chi connectivity index (χ1n) is 8.89. The number of non-ortho nitro benzene ring substituents is 1. The summed E-state index contributed by atoms with van der Waals surface area (Å²) in [5.41, 5.74) is 0.838. The number of ether oxygens (including phenoxy) is 1. The quantitative estimate of drug-likeness (QED) is 0.141. The molecule has 0 atom stereocenters. The molecule has 3 rings (SSSR count). The molecule has 0 bridgehead atoms. The summed E-state index contributed by atoms with van der Waals surface area (Å²) in [5, 5.41) is 10.9. The van der Waals surface area contributed by atoms with E-state index in [1.54, 1.807) is 31.2 Å². The minimum atomic E-state index is -0.838. The number of carbonyl (C=O) groups excluding carboxylic acids is 2. The van der Waals surface area contributed by atoms with E-state index in [9.17, 15) is 24.1 Å². The number of hydrogen-bond acceptors (Lipinski definition) is 5. The van der Waals surface area contributed by atoms with Gasteiger partial charge in [-0.15, -0.1) is 0 Å². The Morgan fingerprint density at radius 1 is 1.03 bits per heavy atom. The van der Waals surface area contributed by atoms with Gasteiger partial charge in [-0.2, -0.15) is 0 Å². The maximum absolute atomic E-state index is 13.8. The average Bonchev–Trinajstić information content (AvgIpc) is 2.74. The van der Waals surface area contributed by atoms with Crippen molar-refractivity contribution in [3.8, 4) is 5.75 Å². The van der Waals surface area contributed by atoms with E-state index in [4.69, 9.17) is 4.74 Å². The van der Waals surface area contributed by atoms with Gasteiger partial charge in [-0.3, -0.25) is 14.9 Å². The van der Waals surface area contributed by atoms with Crippen molar-refractivity contribution in [2.24, 2.45) is 0 Å². The molecule has 0 saturated carbocycles. The van der Waals surface area contributed by atoms with Gasteiger partial charge in [0.2, 0.25) is 0 Å². The normalized spacial score (nSPS) is 10.7. The molecule has 6 nitrogen and oxygen atoms in total. The van der Waals surface area contributed by atoms with E-state index < -0.39 is 22.5 Å². The van der Waals surface area contributed by atoms with Crippen LogP contribution in [0.2, 0.25) is 0 Å². The molecule has 0 unspecified atom stereocenters. The molecule has 0 heterocycles. The third kappa shape index (κ3) is 4.82. The molecular weight excluding hydrogens is 389 g/mol. The van der Waals surface area contributed by atoms with E-state index in [2.05, 4.69) is 0 Å². The predicted octanol–water partition coefficient (Wildman–Crippen LogP) is 5.16. The van der Waals surface area contributed by atoms with E-state index in [-0.39, 0.29) is 28.1 Å². The Morgan fingerprint density at radius 3 is 2.53 bits per heavy atom. The molecule has 0 aliphatic carbocycles. The topological polar surface area (TPSA) is 86.5 Å². The van der Waals surface area contributed by atoms with Gasteiger partial charge >= 0.3 is 5.97 Å². The summed E-state index contributed by atoms with van der Waals surface area (Å²) in [6, 6.07) is 15.8. The first-order chi connectivity index (χ1) is 14.3. The van der Waals surface area contributed by atoms with Crippen molar-refractivity contribution in [2.75, 3.05) is 0 Å². The van der Waals surface area contributed by atoms with Gasteiger partial charge in [0, 0.05) is 17.7 Å².